The minimum Gasteiger partial charge on any atom is -0.462 e. The Bertz CT molecular complexity index is 341. The third-order valence-corrected chi connectivity index (χ3v) is 2.68. The van der Waals surface area contributed by atoms with Crippen molar-refractivity contribution in [3.63, 3.8) is 0 Å². The van der Waals surface area contributed by atoms with Crippen LogP contribution in [0.15, 0.2) is 23.8 Å². The second-order valence-corrected chi connectivity index (χ2v) is 4.02. The number of carbonyl (C=O) groups excluding carboxylic acids is 1. The Morgan fingerprint density at radius 2 is 2.22 bits per heavy atom. The summed E-state index contributed by atoms with van der Waals surface area (Å²) >= 11 is 0. The summed E-state index contributed by atoms with van der Waals surface area (Å²) in [5, 5.41) is 0. The van der Waals surface area contributed by atoms with E-state index in [1.165, 1.54) is 0 Å². The summed E-state index contributed by atoms with van der Waals surface area (Å²) in [5.41, 5.74) is 0.543. The van der Waals surface area contributed by atoms with Crippen LogP contribution >= 0.6 is 0 Å². The molecule has 0 bridgehead atoms. The molecule has 0 radical (unpaired) electrons. The molecule has 1 atom stereocenters. The van der Waals surface area contributed by atoms with Crippen LogP contribution in [0.5, 0.6) is 0 Å². The Balaban J connectivity index is 1.82. The molecule has 1 heterocycles. The first-order chi connectivity index (χ1) is 8.79. The van der Waals surface area contributed by atoms with Crippen molar-refractivity contribution >= 4 is 5.97 Å². The molecule has 2 aliphatic rings. The number of rotatable bonds is 5. The fourth-order valence-corrected chi connectivity index (χ4v) is 1.83. The Kier molecular flexibility index (Phi) is 4.92. The van der Waals surface area contributed by atoms with E-state index in [4.69, 9.17) is 18.9 Å². The first-order valence-corrected chi connectivity index (χ1v) is 6.20. The van der Waals surface area contributed by atoms with Gasteiger partial charge in [-0.15, -0.1) is 0 Å². The van der Waals surface area contributed by atoms with Crippen LogP contribution in [0.2, 0.25) is 0 Å². The molecular weight excluding hydrogens is 236 g/mol. The maximum Gasteiger partial charge on any atom is 0.337 e. The Hall–Kier alpha value is -1.17. The van der Waals surface area contributed by atoms with Gasteiger partial charge >= 0.3 is 5.97 Å². The summed E-state index contributed by atoms with van der Waals surface area (Å²) < 4.78 is 21.1. The molecule has 1 fully saturated rings. The van der Waals surface area contributed by atoms with E-state index in [0.717, 1.165) is 6.42 Å². The lowest BCUT2D eigenvalue weighted by Crippen LogP contribution is -2.23. The molecule has 5 nitrogen and oxygen atoms in total. The van der Waals surface area contributed by atoms with Crippen LogP contribution in [-0.2, 0) is 23.7 Å². The molecule has 0 aromatic heterocycles. The van der Waals surface area contributed by atoms with Crippen LogP contribution < -0.4 is 0 Å². The predicted molar refractivity (Wildman–Crippen MR) is 63.9 cm³/mol. The summed E-state index contributed by atoms with van der Waals surface area (Å²) in [6.07, 6.45) is 5.80. The van der Waals surface area contributed by atoms with Gasteiger partial charge in [-0.05, 0) is 19.4 Å². The van der Waals surface area contributed by atoms with Crippen LogP contribution in [0.4, 0.5) is 0 Å². The second kappa shape index (κ2) is 6.68. The molecule has 0 aromatic carbocycles. The van der Waals surface area contributed by atoms with E-state index in [1.54, 1.807) is 19.1 Å². The van der Waals surface area contributed by atoms with Crippen LogP contribution in [0, 0.1) is 0 Å². The highest BCUT2D eigenvalue weighted by Gasteiger charge is 2.20. The van der Waals surface area contributed by atoms with E-state index in [1.807, 2.05) is 6.08 Å². The van der Waals surface area contributed by atoms with E-state index >= 15 is 0 Å². The minimum absolute atomic E-state index is 0.123. The van der Waals surface area contributed by atoms with Crippen LogP contribution in [0.3, 0.4) is 0 Å². The molecule has 18 heavy (non-hydrogen) atoms. The summed E-state index contributed by atoms with van der Waals surface area (Å²) in [6, 6.07) is 0. The first-order valence-electron chi connectivity index (χ1n) is 6.20. The van der Waals surface area contributed by atoms with Gasteiger partial charge in [0.15, 0.2) is 6.29 Å². The van der Waals surface area contributed by atoms with Gasteiger partial charge in [0.2, 0.25) is 0 Å². The summed E-state index contributed by atoms with van der Waals surface area (Å²) in [7, 11) is 0. The summed E-state index contributed by atoms with van der Waals surface area (Å²) in [5.74, 6) is -0.310. The molecule has 1 unspecified atom stereocenters. The maximum absolute atomic E-state index is 11.6. The van der Waals surface area contributed by atoms with E-state index in [2.05, 4.69) is 0 Å². The van der Waals surface area contributed by atoms with Gasteiger partial charge in [0, 0.05) is 0 Å². The lowest BCUT2D eigenvalue weighted by molar-refractivity contribution is -0.138. The fourth-order valence-electron chi connectivity index (χ4n) is 1.83. The third-order valence-electron chi connectivity index (χ3n) is 2.68. The molecule has 0 saturated carbocycles. The zero-order valence-corrected chi connectivity index (χ0v) is 10.5. The first kappa shape index (κ1) is 13.3. The Morgan fingerprint density at radius 3 is 2.94 bits per heavy atom. The fraction of sp³-hybridized carbons (Fsp3) is 0.615. The molecule has 1 saturated heterocycles. The third kappa shape index (κ3) is 3.66. The van der Waals surface area contributed by atoms with Gasteiger partial charge in [0.25, 0.3) is 0 Å². The number of ether oxygens (including phenoxy) is 4. The van der Waals surface area contributed by atoms with Crippen molar-refractivity contribution in [3.05, 3.63) is 23.8 Å². The van der Waals surface area contributed by atoms with Gasteiger partial charge in [-0.3, -0.25) is 0 Å². The van der Waals surface area contributed by atoms with Gasteiger partial charge in [0.05, 0.1) is 38.1 Å². The lowest BCUT2D eigenvalue weighted by atomic mass is 10.1. The highest BCUT2D eigenvalue weighted by atomic mass is 16.7. The molecular formula is C13H18O5. The van der Waals surface area contributed by atoms with Gasteiger partial charge in [-0.25, -0.2) is 4.79 Å². The molecule has 1 aliphatic heterocycles. The maximum atomic E-state index is 11.6. The average Bonchev–Trinajstić information content (AvgIpc) is 2.90. The molecule has 0 spiro atoms. The van der Waals surface area contributed by atoms with Crippen molar-refractivity contribution in [1.29, 1.82) is 0 Å². The quantitative estimate of drug-likeness (QED) is 0.690. The zero-order chi connectivity index (χ0) is 12.8. The smallest absolute Gasteiger partial charge is 0.337 e. The van der Waals surface area contributed by atoms with Crippen molar-refractivity contribution in [3.8, 4) is 0 Å². The molecule has 0 aromatic rings. The van der Waals surface area contributed by atoms with E-state index in [-0.39, 0.29) is 18.4 Å². The van der Waals surface area contributed by atoms with Crippen molar-refractivity contribution in [2.45, 2.75) is 25.7 Å². The largest absolute Gasteiger partial charge is 0.462 e. The number of carbonyl (C=O) groups is 1. The van der Waals surface area contributed by atoms with Crippen molar-refractivity contribution < 1.29 is 23.7 Å². The molecule has 100 valence electrons. The SMILES string of the molecule is CCOC(=O)C1=CC(OCC2OCCO2)CC=C1. The molecule has 5 heteroatoms. The lowest BCUT2D eigenvalue weighted by Gasteiger charge is -2.18. The van der Waals surface area contributed by atoms with E-state index in [0.29, 0.717) is 32.0 Å². The summed E-state index contributed by atoms with van der Waals surface area (Å²) in [4.78, 5) is 11.6. The highest BCUT2D eigenvalue weighted by Crippen LogP contribution is 2.16. The van der Waals surface area contributed by atoms with Crippen molar-refractivity contribution in [2.75, 3.05) is 26.4 Å². The van der Waals surface area contributed by atoms with Gasteiger partial charge in [0.1, 0.15) is 0 Å². The second-order valence-electron chi connectivity index (χ2n) is 4.02. The Labute approximate surface area is 106 Å². The molecule has 0 N–H and O–H groups in total. The van der Waals surface area contributed by atoms with Crippen LogP contribution in [0.1, 0.15) is 13.3 Å². The normalized spacial score (nSPS) is 24.1. The molecule has 2 rings (SSSR count). The topological polar surface area (TPSA) is 54.0 Å². The standard InChI is InChI=1S/C13H18O5/c1-2-15-13(14)10-4-3-5-11(8-10)18-9-12-16-6-7-17-12/h3-4,8,11-12H,2,5-7,9H2,1H3. The van der Waals surface area contributed by atoms with E-state index < -0.39 is 0 Å². The van der Waals surface area contributed by atoms with E-state index in [9.17, 15) is 4.79 Å². The van der Waals surface area contributed by atoms with Gasteiger partial charge in [-0.2, -0.15) is 0 Å². The summed E-state index contributed by atoms with van der Waals surface area (Å²) in [6.45, 7) is 3.77. The number of esters is 1. The Morgan fingerprint density at radius 1 is 1.44 bits per heavy atom. The van der Waals surface area contributed by atoms with Crippen LogP contribution in [0.25, 0.3) is 0 Å². The van der Waals surface area contributed by atoms with Gasteiger partial charge < -0.3 is 18.9 Å². The highest BCUT2D eigenvalue weighted by molar-refractivity contribution is 5.91. The van der Waals surface area contributed by atoms with Crippen molar-refractivity contribution in [1.82, 2.24) is 0 Å². The van der Waals surface area contributed by atoms with Gasteiger partial charge in [-0.1, -0.05) is 12.2 Å². The average molecular weight is 254 g/mol. The number of hydrogen-bond donors (Lipinski definition) is 0. The van der Waals surface area contributed by atoms with Crippen LogP contribution in [-0.4, -0.2) is 44.8 Å². The van der Waals surface area contributed by atoms with Crippen molar-refractivity contribution in [2.24, 2.45) is 0 Å². The number of hydrogen-bond acceptors (Lipinski definition) is 5. The molecule has 1 aliphatic carbocycles. The monoisotopic (exact) mass is 254 g/mol. The molecule has 0 amide bonds. The zero-order valence-electron chi connectivity index (χ0n) is 10.5. The predicted octanol–water partition coefficient (Wildman–Crippen LogP) is 1.19. The minimum atomic E-state index is -0.310.